The van der Waals surface area contributed by atoms with Gasteiger partial charge in [-0.2, -0.15) is 0 Å². The van der Waals surface area contributed by atoms with Crippen molar-refractivity contribution in [3.05, 3.63) is 305 Å². The maximum atomic E-state index is 2.59. The fourth-order valence-electron chi connectivity index (χ4n) is 12.8. The topological polar surface area (TPSA) is 3.24 Å². The quantitative estimate of drug-likeness (QED) is 0.169. The molecule has 1 nitrogen and oxygen atoms in total. The zero-order valence-electron chi connectivity index (χ0n) is 38.6. The van der Waals surface area contributed by atoms with E-state index in [2.05, 4.69) is 266 Å². The Morgan fingerprint density at radius 2 is 0.549 bits per heavy atom. The van der Waals surface area contributed by atoms with Gasteiger partial charge in [0.2, 0.25) is 0 Å². The van der Waals surface area contributed by atoms with Gasteiger partial charge in [-0.3, -0.25) is 0 Å². The number of fused-ring (bicyclic) bond motifs is 18. The van der Waals surface area contributed by atoms with Crippen LogP contribution in [0.15, 0.2) is 280 Å². The van der Waals surface area contributed by atoms with Crippen molar-refractivity contribution in [2.24, 2.45) is 0 Å². The van der Waals surface area contributed by atoms with Crippen molar-refractivity contribution < 1.29 is 0 Å². The van der Waals surface area contributed by atoms with Crippen LogP contribution in [-0.4, -0.2) is 0 Å². The molecule has 4 aliphatic rings. The minimum Gasteiger partial charge on any atom is -0.309 e. The Bertz CT molecular complexity index is 3660. The van der Waals surface area contributed by atoms with E-state index >= 15 is 0 Å². The molecule has 15 rings (SSSR count). The summed E-state index contributed by atoms with van der Waals surface area (Å²) >= 11 is 3.78. The SMILES string of the molecule is c1ccc(-c2ccc(-c3ccc(N(c4cccc5c4-c4ccccc4C54c5ccccc5Sc5ccccc54)c4cccc5c4-c4ccccc4C54c5ccccc5Sc5ccccc54)cc3)cc2)cc1. The Balaban J connectivity index is 1.01. The van der Waals surface area contributed by atoms with Crippen LogP contribution >= 0.6 is 23.5 Å². The van der Waals surface area contributed by atoms with Gasteiger partial charge >= 0.3 is 0 Å². The van der Waals surface area contributed by atoms with Crippen molar-refractivity contribution in [3.63, 3.8) is 0 Å². The smallest absolute Gasteiger partial charge is 0.0736 e. The Morgan fingerprint density at radius 1 is 0.239 bits per heavy atom. The molecule has 0 saturated carbocycles. The van der Waals surface area contributed by atoms with Crippen LogP contribution < -0.4 is 4.90 Å². The van der Waals surface area contributed by atoms with E-state index in [9.17, 15) is 0 Å². The molecule has 332 valence electrons. The lowest BCUT2D eigenvalue weighted by Crippen LogP contribution is -2.32. The van der Waals surface area contributed by atoms with Crippen molar-refractivity contribution in [1.82, 2.24) is 0 Å². The summed E-state index contributed by atoms with van der Waals surface area (Å²) in [6.07, 6.45) is 0. The van der Waals surface area contributed by atoms with Gasteiger partial charge in [0.25, 0.3) is 0 Å². The number of anilines is 3. The van der Waals surface area contributed by atoms with Gasteiger partial charge in [-0.15, -0.1) is 0 Å². The predicted octanol–water partition coefficient (Wildman–Crippen LogP) is 18.1. The fraction of sp³-hybridized carbons (Fsp3) is 0.0294. The molecule has 0 N–H and O–H groups in total. The molecule has 0 amide bonds. The first-order valence-corrected chi connectivity index (χ1v) is 26.1. The first kappa shape index (κ1) is 40.8. The Hall–Kier alpha value is -8.08. The lowest BCUT2D eigenvalue weighted by atomic mass is 9.67. The van der Waals surface area contributed by atoms with Crippen molar-refractivity contribution in [3.8, 4) is 44.5 Å². The summed E-state index contributed by atoms with van der Waals surface area (Å²) in [6, 6.07) is 98.0. The minimum atomic E-state index is -0.510. The van der Waals surface area contributed by atoms with Gasteiger partial charge in [0.05, 0.1) is 22.2 Å². The summed E-state index contributed by atoms with van der Waals surface area (Å²) in [5, 5.41) is 0. The molecule has 0 aromatic heterocycles. The van der Waals surface area contributed by atoms with Crippen LogP contribution in [-0.2, 0) is 10.8 Å². The first-order chi connectivity index (χ1) is 35.2. The second kappa shape index (κ2) is 15.7. The maximum absolute atomic E-state index is 2.59. The molecule has 2 heterocycles. The van der Waals surface area contributed by atoms with E-state index in [1.165, 1.54) is 109 Å². The molecule has 2 spiro atoms. The molecule has 0 radical (unpaired) electrons. The van der Waals surface area contributed by atoms with Crippen LogP contribution in [0.2, 0.25) is 0 Å². The van der Waals surface area contributed by atoms with E-state index in [1.807, 2.05) is 23.5 Å². The highest BCUT2D eigenvalue weighted by Gasteiger charge is 2.53. The van der Waals surface area contributed by atoms with E-state index < -0.39 is 10.8 Å². The second-order valence-electron chi connectivity index (χ2n) is 19.0. The molecule has 71 heavy (non-hydrogen) atoms. The van der Waals surface area contributed by atoms with Crippen molar-refractivity contribution in [2.45, 2.75) is 30.4 Å². The van der Waals surface area contributed by atoms with Gasteiger partial charge in [-0.1, -0.05) is 236 Å². The van der Waals surface area contributed by atoms with Crippen LogP contribution in [0.1, 0.15) is 44.5 Å². The second-order valence-corrected chi connectivity index (χ2v) is 21.2. The van der Waals surface area contributed by atoms with Crippen LogP contribution in [0, 0.1) is 0 Å². The molecule has 11 aromatic rings. The van der Waals surface area contributed by atoms with E-state index in [0.717, 1.165) is 17.1 Å². The molecular weight excluding hydrogens is 895 g/mol. The highest BCUT2D eigenvalue weighted by Crippen LogP contribution is 2.67. The zero-order valence-corrected chi connectivity index (χ0v) is 40.2. The molecule has 11 aromatic carbocycles. The Labute approximate surface area is 423 Å². The van der Waals surface area contributed by atoms with Crippen LogP contribution in [0.5, 0.6) is 0 Å². The molecule has 0 saturated heterocycles. The van der Waals surface area contributed by atoms with Gasteiger partial charge in [0, 0.05) is 36.4 Å². The summed E-state index contributed by atoms with van der Waals surface area (Å²) in [4.78, 5) is 7.81. The summed E-state index contributed by atoms with van der Waals surface area (Å²) in [5.74, 6) is 0. The Morgan fingerprint density at radius 3 is 0.958 bits per heavy atom. The average molecular weight is 938 g/mol. The molecule has 0 atom stereocenters. The van der Waals surface area contributed by atoms with E-state index in [0.29, 0.717) is 0 Å². The zero-order chi connectivity index (χ0) is 46.7. The van der Waals surface area contributed by atoms with E-state index in [4.69, 9.17) is 0 Å². The predicted molar refractivity (Wildman–Crippen MR) is 295 cm³/mol. The highest BCUT2D eigenvalue weighted by atomic mass is 32.2. The molecule has 2 aliphatic heterocycles. The third kappa shape index (κ3) is 5.68. The van der Waals surface area contributed by atoms with Gasteiger partial charge in [0.1, 0.15) is 0 Å². The molecular formula is C68H43NS2. The third-order valence-corrected chi connectivity index (χ3v) is 17.9. The Kier molecular flexibility index (Phi) is 9.03. The van der Waals surface area contributed by atoms with Crippen molar-refractivity contribution in [2.75, 3.05) is 4.90 Å². The van der Waals surface area contributed by atoms with Gasteiger partial charge in [0.15, 0.2) is 0 Å². The lowest BCUT2D eigenvalue weighted by molar-refractivity contribution is 0.722. The molecule has 0 bridgehead atoms. The standard InChI is InChI=1S/C68H43NS2/c1-2-18-44(19-3-1)45-36-38-46(39-37-45)47-40-42-48(43-41-47)69(59-30-16-28-57-65(59)49-20-4-6-22-51(49)67(57)53-24-8-12-32-61(53)70-62-33-13-9-25-54(62)67)60-31-17-29-58-66(60)50-21-5-7-23-52(50)68(58)55-26-10-14-34-63(55)71-64-35-15-11-27-56(64)68/h1-43H. The monoisotopic (exact) mass is 937 g/mol. The maximum Gasteiger partial charge on any atom is 0.0736 e. The first-order valence-electron chi connectivity index (χ1n) is 24.5. The van der Waals surface area contributed by atoms with E-state index in [-0.39, 0.29) is 0 Å². The lowest BCUT2D eigenvalue weighted by Gasteiger charge is -2.40. The number of rotatable bonds is 5. The van der Waals surface area contributed by atoms with Gasteiger partial charge in [-0.25, -0.2) is 0 Å². The van der Waals surface area contributed by atoms with Gasteiger partial charge < -0.3 is 4.90 Å². The molecule has 0 unspecified atom stereocenters. The average Bonchev–Trinajstić information content (AvgIpc) is 3.91. The molecule has 2 aliphatic carbocycles. The van der Waals surface area contributed by atoms with Crippen LogP contribution in [0.3, 0.4) is 0 Å². The summed E-state index contributed by atoms with van der Waals surface area (Å²) in [6.45, 7) is 0. The van der Waals surface area contributed by atoms with Crippen molar-refractivity contribution >= 4 is 40.6 Å². The highest BCUT2D eigenvalue weighted by molar-refractivity contribution is 7.99. The fourth-order valence-corrected chi connectivity index (χ4v) is 15.2. The number of nitrogens with zero attached hydrogens (tertiary/aromatic N) is 1. The minimum absolute atomic E-state index is 0.510. The summed E-state index contributed by atoms with van der Waals surface area (Å²) < 4.78 is 0. The van der Waals surface area contributed by atoms with Crippen molar-refractivity contribution in [1.29, 1.82) is 0 Å². The normalized spacial score (nSPS) is 14.3. The number of hydrogen-bond acceptors (Lipinski definition) is 3. The summed E-state index contributed by atoms with van der Waals surface area (Å²) in [5.41, 5.74) is 22.9. The van der Waals surface area contributed by atoms with Crippen LogP contribution in [0.25, 0.3) is 44.5 Å². The van der Waals surface area contributed by atoms with E-state index in [1.54, 1.807) is 0 Å². The molecule has 3 heteroatoms. The third-order valence-electron chi connectivity index (χ3n) is 15.6. The molecule has 0 fully saturated rings. The number of benzene rings is 11. The largest absolute Gasteiger partial charge is 0.309 e. The number of hydrogen-bond donors (Lipinski definition) is 0. The van der Waals surface area contributed by atoms with Crippen LogP contribution in [0.4, 0.5) is 17.1 Å². The summed E-state index contributed by atoms with van der Waals surface area (Å²) in [7, 11) is 0. The van der Waals surface area contributed by atoms with Gasteiger partial charge in [-0.05, 0) is 126 Å².